The van der Waals surface area contributed by atoms with E-state index in [4.69, 9.17) is 9.47 Å². The fraction of sp³-hybridized carbons (Fsp3) is 0.500. The van der Waals surface area contributed by atoms with E-state index in [-0.39, 0.29) is 12.2 Å². The molecule has 92 valence electrons. The number of carbonyl (C=O) groups is 1. The fourth-order valence-electron chi connectivity index (χ4n) is 1.91. The normalized spacial score (nSPS) is 30.8. The van der Waals surface area contributed by atoms with Crippen molar-refractivity contribution >= 4 is 6.29 Å². The van der Waals surface area contributed by atoms with Gasteiger partial charge in [-0.1, -0.05) is 37.3 Å². The van der Waals surface area contributed by atoms with Crippen molar-refractivity contribution in [2.24, 2.45) is 5.41 Å². The largest absolute Gasteiger partial charge is 0.351 e. The maximum Gasteiger partial charge on any atom is 0.164 e. The van der Waals surface area contributed by atoms with Gasteiger partial charge in [-0.3, -0.25) is 0 Å². The lowest BCUT2D eigenvalue weighted by Crippen LogP contribution is -2.42. The maximum atomic E-state index is 10.9. The summed E-state index contributed by atoms with van der Waals surface area (Å²) < 4.78 is 11.3. The second-order valence-electron chi connectivity index (χ2n) is 4.96. The quantitative estimate of drug-likeness (QED) is 0.753. The molecule has 1 fully saturated rings. The van der Waals surface area contributed by atoms with Crippen LogP contribution in [0.1, 0.15) is 25.3 Å². The Morgan fingerprint density at radius 3 is 2.41 bits per heavy atom. The van der Waals surface area contributed by atoms with Gasteiger partial charge >= 0.3 is 0 Å². The van der Waals surface area contributed by atoms with Crippen LogP contribution in [0.5, 0.6) is 0 Å². The molecule has 2 rings (SSSR count). The molecule has 0 bridgehead atoms. The second-order valence-corrected chi connectivity index (χ2v) is 4.96. The molecule has 1 heterocycles. The number of hydrogen-bond donors (Lipinski definition) is 0. The molecule has 1 aliphatic heterocycles. The third-order valence-corrected chi connectivity index (χ3v) is 3.17. The van der Waals surface area contributed by atoms with E-state index in [1.807, 2.05) is 25.1 Å². The van der Waals surface area contributed by atoms with Crippen molar-refractivity contribution in [2.45, 2.75) is 26.1 Å². The molecule has 1 aliphatic rings. The van der Waals surface area contributed by atoms with E-state index in [1.54, 1.807) is 0 Å². The highest BCUT2D eigenvalue weighted by Gasteiger charge is 2.34. The summed E-state index contributed by atoms with van der Waals surface area (Å²) in [6.45, 7) is 4.78. The van der Waals surface area contributed by atoms with E-state index in [1.165, 1.54) is 5.56 Å². The van der Waals surface area contributed by atoms with Crippen molar-refractivity contribution in [3.8, 4) is 0 Å². The van der Waals surface area contributed by atoms with Crippen molar-refractivity contribution < 1.29 is 14.3 Å². The van der Waals surface area contributed by atoms with Crippen LogP contribution in [0.25, 0.3) is 0 Å². The summed E-state index contributed by atoms with van der Waals surface area (Å²) in [4.78, 5) is 10.9. The average Bonchev–Trinajstić information content (AvgIpc) is 2.40. The Bertz CT molecular complexity index is 366. The zero-order valence-corrected chi connectivity index (χ0v) is 10.3. The molecular formula is C14H18O3. The lowest BCUT2D eigenvalue weighted by Gasteiger charge is -2.36. The number of hydrogen-bond acceptors (Lipinski definition) is 3. The van der Waals surface area contributed by atoms with E-state index < -0.39 is 5.41 Å². The molecule has 1 atom stereocenters. The van der Waals surface area contributed by atoms with Crippen molar-refractivity contribution in [1.29, 1.82) is 0 Å². The number of rotatable bonds is 3. The molecule has 1 aromatic carbocycles. The Hall–Kier alpha value is -1.19. The van der Waals surface area contributed by atoms with Crippen LogP contribution in [0, 0.1) is 5.41 Å². The van der Waals surface area contributed by atoms with E-state index in [0.29, 0.717) is 13.2 Å². The summed E-state index contributed by atoms with van der Waals surface area (Å²) in [5, 5.41) is 0. The molecule has 0 radical (unpaired) electrons. The monoisotopic (exact) mass is 234 g/mol. The van der Waals surface area contributed by atoms with Crippen LogP contribution in [0.15, 0.2) is 30.3 Å². The van der Waals surface area contributed by atoms with Gasteiger partial charge in [0.15, 0.2) is 6.29 Å². The minimum Gasteiger partial charge on any atom is -0.351 e. The van der Waals surface area contributed by atoms with Crippen LogP contribution in [0.2, 0.25) is 0 Å². The fourth-order valence-corrected chi connectivity index (χ4v) is 1.91. The van der Waals surface area contributed by atoms with E-state index >= 15 is 0 Å². The zero-order chi connectivity index (χ0) is 12.3. The molecule has 0 aliphatic carbocycles. The minimum absolute atomic E-state index is 0.174. The Morgan fingerprint density at radius 1 is 1.29 bits per heavy atom. The van der Waals surface area contributed by atoms with E-state index in [0.717, 1.165) is 6.29 Å². The first-order valence-electron chi connectivity index (χ1n) is 5.89. The van der Waals surface area contributed by atoms with Crippen LogP contribution in [-0.2, 0) is 14.3 Å². The molecule has 0 N–H and O–H groups in total. The van der Waals surface area contributed by atoms with Crippen LogP contribution < -0.4 is 0 Å². The van der Waals surface area contributed by atoms with Gasteiger partial charge < -0.3 is 14.3 Å². The Labute approximate surface area is 102 Å². The van der Waals surface area contributed by atoms with E-state index in [2.05, 4.69) is 19.1 Å². The SMILES string of the molecule is CC(c1ccccc1)C1OCC(C)(C=O)CO1. The van der Waals surface area contributed by atoms with Gasteiger partial charge in [0.25, 0.3) is 0 Å². The molecule has 1 saturated heterocycles. The molecule has 0 aromatic heterocycles. The second kappa shape index (κ2) is 4.98. The molecule has 17 heavy (non-hydrogen) atoms. The summed E-state index contributed by atoms with van der Waals surface area (Å²) in [7, 11) is 0. The topological polar surface area (TPSA) is 35.5 Å². The molecule has 0 spiro atoms. The van der Waals surface area contributed by atoms with Crippen molar-refractivity contribution in [3.05, 3.63) is 35.9 Å². The van der Waals surface area contributed by atoms with Crippen LogP contribution in [-0.4, -0.2) is 25.8 Å². The predicted molar refractivity (Wildman–Crippen MR) is 64.7 cm³/mol. The number of benzene rings is 1. The molecule has 0 saturated carbocycles. The van der Waals surface area contributed by atoms with E-state index in [9.17, 15) is 4.79 Å². The summed E-state index contributed by atoms with van der Waals surface area (Å²) >= 11 is 0. The van der Waals surface area contributed by atoms with Crippen LogP contribution in [0.4, 0.5) is 0 Å². The summed E-state index contributed by atoms with van der Waals surface area (Å²) in [5.74, 6) is 0.174. The highest BCUT2D eigenvalue weighted by molar-refractivity contribution is 5.59. The van der Waals surface area contributed by atoms with Gasteiger partial charge in [0.1, 0.15) is 6.29 Å². The molecule has 1 unspecified atom stereocenters. The van der Waals surface area contributed by atoms with Gasteiger partial charge in [0.05, 0.1) is 18.6 Å². The standard InChI is InChI=1S/C14H18O3/c1-11(12-6-4-3-5-7-12)13-16-9-14(2,8-15)10-17-13/h3-8,11,13H,9-10H2,1-2H3. The van der Waals surface area contributed by atoms with Gasteiger partial charge in [-0.05, 0) is 12.5 Å². The zero-order valence-electron chi connectivity index (χ0n) is 10.3. The van der Waals surface area contributed by atoms with Gasteiger partial charge in [0.2, 0.25) is 0 Å². The van der Waals surface area contributed by atoms with Crippen LogP contribution in [0.3, 0.4) is 0 Å². The van der Waals surface area contributed by atoms with Gasteiger partial charge in [-0.25, -0.2) is 0 Å². The maximum absolute atomic E-state index is 10.9. The Morgan fingerprint density at radius 2 is 1.88 bits per heavy atom. The highest BCUT2D eigenvalue weighted by Crippen LogP contribution is 2.29. The summed E-state index contributed by atoms with van der Waals surface area (Å²) in [6.07, 6.45) is 0.654. The van der Waals surface area contributed by atoms with Gasteiger partial charge in [0, 0.05) is 5.92 Å². The number of ether oxygens (including phenoxy) is 2. The summed E-state index contributed by atoms with van der Waals surface area (Å²) in [5.41, 5.74) is 0.694. The van der Waals surface area contributed by atoms with Crippen LogP contribution >= 0.6 is 0 Å². The predicted octanol–water partition coefficient (Wildman–Crippen LogP) is 2.37. The Kier molecular flexibility index (Phi) is 3.60. The third-order valence-electron chi connectivity index (χ3n) is 3.17. The van der Waals surface area contributed by atoms with Gasteiger partial charge in [-0.2, -0.15) is 0 Å². The van der Waals surface area contributed by atoms with Crippen molar-refractivity contribution in [2.75, 3.05) is 13.2 Å². The molecule has 1 aromatic rings. The highest BCUT2D eigenvalue weighted by atomic mass is 16.7. The average molecular weight is 234 g/mol. The minimum atomic E-state index is -0.493. The first-order valence-corrected chi connectivity index (χ1v) is 5.89. The van der Waals surface area contributed by atoms with Gasteiger partial charge in [-0.15, -0.1) is 0 Å². The first kappa shape index (κ1) is 12.3. The first-order chi connectivity index (χ1) is 8.14. The van der Waals surface area contributed by atoms with Crippen molar-refractivity contribution in [1.82, 2.24) is 0 Å². The summed E-state index contributed by atoms with van der Waals surface area (Å²) in [6, 6.07) is 10.1. The number of aldehydes is 1. The Balaban J connectivity index is 2.00. The molecular weight excluding hydrogens is 216 g/mol. The third kappa shape index (κ3) is 2.73. The smallest absolute Gasteiger partial charge is 0.164 e. The molecule has 0 amide bonds. The van der Waals surface area contributed by atoms with Crippen molar-refractivity contribution in [3.63, 3.8) is 0 Å². The lowest BCUT2D eigenvalue weighted by atomic mass is 9.93. The molecule has 3 nitrogen and oxygen atoms in total. The lowest BCUT2D eigenvalue weighted by molar-refractivity contribution is -0.226. The number of carbonyl (C=O) groups excluding carboxylic acids is 1. The molecule has 3 heteroatoms.